The number of rotatable bonds is 18. The fraction of sp³-hybridized carbons (Fsp3) is 0.750. The van der Waals surface area contributed by atoms with Gasteiger partial charge in [0.05, 0.1) is 0 Å². The van der Waals surface area contributed by atoms with Crippen LogP contribution in [0.25, 0.3) is 0 Å². The van der Waals surface area contributed by atoms with E-state index in [1.807, 2.05) is 12.1 Å². The maximum Gasteiger partial charge on any atom is 0.263 e. The highest BCUT2D eigenvalue weighted by Gasteiger charge is 2.21. The lowest BCUT2D eigenvalue weighted by atomic mass is 10.0. The monoisotopic (exact) mass is 424 g/mol. The van der Waals surface area contributed by atoms with E-state index in [2.05, 4.69) is 13.0 Å². The third-order valence-electron chi connectivity index (χ3n) is 5.41. The Labute approximate surface area is 179 Å². The zero-order valence-electron chi connectivity index (χ0n) is 18.6. The predicted molar refractivity (Wildman–Crippen MR) is 123 cm³/mol. The largest absolute Gasteiger partial charge is 0.473 e. The van der Waals surface area contributed by atoms with Gasteiger partial charge in [-0.2, -0.15) is 0 Å². The van der Waals surface area contributed by atoms with Crippen LogP contribution in [0.3, 0.4) is 0 Å². The van der Waals surface area contributed by atoms with E-state index in [9.17, 15) is 8.42 Å². The molecule has 1 atom stereocenters. The minimum Gasteiger partial charge on any atom is -0.473 e. The summed E-state index contributed by atoms with van der Waals surface area (Å²) < 4.78 is 28.3. The number of aryl methyl sites for hydroxylation is 1. The third-order valence-corrected chi connectivity index (χ3v) is 6.54. The summed E-state index contributed by atoms with van der Waals surface area (Å²) in [7, 11) is -3.94. The van der Waals surface area contributed by atoms with Crippen LogP contribution in [0.5, 0.6) is 5.75 Å². The minimum absolute atomic E-state index is 0.273. The van der Waals surface area contributed by atoms with Gasteiger partial charge in [0, 0.05) is 0 Å². The lowest BCUT2D eigenvalue weighted by Crippen LogP contribution is -2.27. The Morgan fingerprint density at radius 1 is 0.828 bits per heavy atom. The van der Waals surface area contributed by atoms with E-state index < -0.39 is 15.5 Å². The summed E-state index contributed by atoms with van der Waals surface area (Å²) in [5.74, 6) is 0.542. The van der Waals surface area contributed by atoms with Crippen LogP contribution in [-0.2, 0) is 16.4 Å². The molecular formula is C24H42NO3S. The maximum atomic E-state index is 11.4. The van der Waals surface area contributed by atoms with Gasteiger partial charge in [-0.25, -0.2) is 8.42 Å². The van der Waals surface area contributed by atoms with Crippen LogP contribution in [0.1, 0.15) is 109 Å². The molecule has 0 saturated heterocycles. The predicted octanol–water partition coefficient (Wildman–Crippen LogP) is 7.05. The molecule has 1 N–H and O–H groups in total. The Balaban J connectivity index is 2.10. The first-order chi connectivity index (χ1) is 14.0. The van der Waals surface area contributed by atoms with E-state index in [-0.39, 0.29) is 6.42 Å². The lowest BCUT2D eigenvalue weighted by molar-refractivity contribution is 0.268. The van der Waals surface area contributed by atoms with E-state index in [4.69, 9.17) is 9.88 Å². The van der Waals surface area contributed by atoms with Gasteiger partial charge in [-0.15, -0.1) is 5.14 Å². The van der Waals surface area contributed by atoms with Crippen molar-refractivity contribution in [1.82, 2.24) is 5.14 Å². The van der Waals surface area contributed by atoms with Crippen molar-refractivity contribution in [2.24, 2.45) is 0 Å². The summed E-state index contributed by atoms with van der Waals surface area (Å²) in [4.78, 5) is 0. The van der Waals surface area contributed by atoms with Gasteiger partial charge < -0.3 is 4.74 Å². The molecule has 0 aliphatic heterocycles. The summed E-state index contributed by atoms with van der Waals surface area (Å²) in [6, 6.07) is 7.63. The first-order valence-corrected chi connectivity index (χ1v) is 13.3. The Hall–Kier alpha value is -1.07. The molecule has 0 aliphatic carbocycles. The quantitative estimate of drug-likeness (QED) is 0.237. The molecule has 0 saturated carbocycles. The van der Waals surface area contributed by atoms with Crippen molar-refractivity contribution < 1.29 is 13.2 Å². The van der Waals surface area contributed by atoms with Crippen LogP contribution in [0, 0.1) is 0 Å². The molecule has 1 unspecified atom stereocenters. The first-order valence-electron chi connectivity index (χ1n) is 11.7. The van der Waals surface area contributed by atoms with Gasteiger partial charge >= 0.3 is 0 Å². The molecule has 0 bridgehead atoms. The molecule has 0 aliphatic rings. The molecule has 29 heavy (non-hydrogen) atoms. The number of sulfonamides is 1. The van der Waals surface area contributed by atoms with Gasteiger partial charge in [-0.3, -0.25) is 0 Å². The molecule has 1 radical (unpaired) electrons. The summed E-state index contributed by atoms with van der Waals surface area (Å²) in [6.07, 6.45) is 18.8. The first kappa shape index (κ1) is 26.0. The summed E-state index contributed by atoms with van der Waals surface area (Å²) in [5, 5.41) is 7.20. The summed E-state index contributed by atoms with van der Waals surface area (Å²) in [5.41, 5.74) is 0.0805. The smallest absolute Gasteiger partial charge is 0.263 e. The van der Waals surface area contributed by atoms with Gasteiger partial charge in [0.2, 0.25) is 5.44 Å². The molecule has 4 nitrogen and oxygen atoms in total. The van der Waals surface area contributed by atoms with Crippen LogP contribution in [0.4, 0.5) is 0 Å². The Kier molecular flexibility index (Phi) is 14.1. The van der Waals surface area contributed by atoms with Crippen molar-refractivity contribution in [3.8, 4) is 5.75 Å². The molecule has 5 heteroatoms. The van der Waals surface area contributed by atoms with E-state index >= 15 is 0 Å². The van der Waals surface area contributed by atoms with E-state index in [0.29, 0.717) is 5.75 Å². The second-order valence-corrected chi connectivity index (χ2v) is 9.76. The second kappa shape index (κ2) is 15.7. The summed E-state index contributed by atoms with van der Waals surface area (Å²) >= 11 is 0. The fourth-order valence-corrected chi connectivity index (χ4v) is 4.32. The SMILES string of the molecule is CCCCCCCCCCCCCCCc1cccc(OC(CC)S([NH])(=O)=O)c1. The topological polar surface area (TPSA) is 67.2 Å². The fourth-order valence-electron chi connectivity index (χ4n) is 3.64. The van der Waals surface area contributed by atoms with Crippen molar-refractivity contribution in [3.63, 3.8) is 0 Å². The van der Waals surface area contributed by atoms with Crippen LogP contribution in [0.15, 0.2) is 24.3 Å². The van der Waals surface area contributed by atoms with Crippen LogP contribution < -0.4 is 9.88 Å². The molecule has 1 aromatic rings. The average molecular weight is 425 g/mol. The van der Waals surface area contributed by atoms with Gasteiger partial charge in [0.25, 0.3) is 10.0 Å². The number of nitrogens with one attached hydrogen (secondary N) is 1. The number of benzene rings is 1. The zero-order valence-corrected chi connectivity index (χ0v) is 19.4. The highest BCUT2D eigenvalue weighted by molar-refractivity contribution is 7.89. The molecule has 0 aromatic heterocycles. The molecule has 1 rings (SSSR count). The molecule has 1 aromatic carbocycles. The van der Waals surface area contributed by atoms with Crippen molar-refractivity contribution >= 4 is 10.0 Å². The summed E-state index contributed by atoms with van der Waals surface area (Å²) in [6.45, 7) is 3.98. The molecule has 167 valence electrons. The number of hydrogen-bond acceptors (Lipinski definition) is 3. The van der Waals surface area contributed by atoms with Gasteiger partial charge in [0.15, 0.2) is 0 Å². The van der Waals surface area contributed by atoms with E-state index in [0.717, 1.165) is 12.8 Å². The van der Waals surface area contributed by atoms with Crippen molar-refractivity contribution in [2.45, 2.75) is 116 Å². The highest BCUT2D eigenvalue weighted by Crippen LogP contribution is 2.20. The molecule has 0 heterocycles. The van der Waals surface area contributed by atoms with Crippen molar-refractivity contribution in [3.05, 3.63) is 29.8 Å². The third kappa shape index (κ3) is 13.0. The van der Waals surface area contributed by atoms with E-state index in [1.165, 1.54) is 82.6 Å². The highest BCUT2D eigenvalue weighted by atomic mass is 32.2. The normalized spacial score (nSPS) is 12.8. The molecular weight excluding hydrogens is 382 g/mol. The van der Waals surface area contributed by atoms with Crippen LogP contribution in [0.2, 0.25) is 0 Å². The van der Waals surface area contributed by atoms with Gasteiger partial charge in [-0.1, -0.05) is 103 Å². The minimum atomic E-state index is -3.94. The number of ether oxygens (including phenoxy) is 1. The Bertz CT molecular complexity index is 631. The number of hydrogen-bond donors (Lipinski definition) is 0. The standard InChI is InChI=1S/C24H42NO3S/c1-3-5-6-7-8-9-10-11-12-13-14-15-16-18-22-19-17-20-23(21-22)28-24(4-2)29(25,26)27/h17,19-21,24-25H,3-16,18H2,1-2H3. The zero-order chi connectivity index (χ0) is 21.4. The number of unbranched alkanes of at least 4 members (excludes halogenated alkanes) is 12. The average Bonchev–Trinajstić information content (AvgIpc) is 2.69. The van der Waals surface area contributed by atoms with E-state index in [1.54, 1.807) is 13.0 Å². The van der Waals surface area contributed by atoms with Crippen LogP contribution >= 0.6 is 0 Å². The lowest BCUT2D eigenvalue weighted by Gasteiger charge is -2.15. The van der Waals surface area contributed by atoms with Crippen molar-refractivity contribution in [2.75, 3.05) is 0 Å². The Morgan fingerprint density at radius 3 is 1.83 bits per heavy atom. The second-order valence-electron chi connectivity index (χ2n) is 8.14. The molecule has 0 spiro atoms. The maximum absolute atomic E-state index is 11.4. The van der Waals surface area contributed by atoms with Crippen LogP contribution in [-0.4, -0.2) is 13.9 Å². The van der Waals surface area contributed by atoms with Gasteiger partial charge in [0.1, 0.15) is 5.75 Å². The molecule has 0 amide bonds. The Morgan fingerprint density at radius 2 is 1.34 bits per heavy atom. The van der Waals surface area contributed by atoms with Crippen molar-refractivity contribution in [1.29, 1.82) is 0 Å². The molecule has 0 fully saturated rings. The van der Waals surface area contributed by atoms with Gasteiger partial charge in [-0.05, 0) is 37.0 Å².